The topological polar surface area (TPSA) is 88.8 Å². The lowest BCUT2D eigenvalue weighted by Crippen LogP contribution is -2.13. The molecule has 54 valence electrons. The van der Waals surface area contributed by atoms with Crippen molar-refractivity contribution >= 4 is 22.2 Å². The van der Waals surface area contributed by atoms with Crippen LogP contribution in [0.15, 0.2) is 5.38 Å². The number of nitrogens with one attached hydrogen (secondary N) is 1. The number of nitrogens with two attached hydrogens (primary N) is 2. The summed E-state index contributed by atoms with van der Waals surface area (Å²) in [7, 11) is 0. The van der Waals surface area contributed by atoms with Crippen molar-refractivity contribution in [2.75, 3.05) is 12.3 Å². The number of thiazole rings is 1. The van der Waals surface area contributed by atoms with Gasteiger partial charge in [0.2, 0.25) is 0 Å². The highest BCUT2D eigenvalue weighted by atomic mass is 32.1. The quantitative estimate of drug-likeness (QED) is 0.528. The highest BCUT2D eigenvalue weighted by molar-refractivity contribution is 7.13. The van der Waals surface area contributed by atoms with Crippen molar-refractivity contribution in [2.45, 2.75) is 0 Å². The summed E-state index contributed by atoms with van der Waals surface area (Å²) in [6, 6.07) is 0. The molecule has 1 aromatic heterocycles. The Bertz CT molecular complexity index is 242. The van der Waals surface area contributed by atoms with Crippen LogP contribution in [0.1, 0.15) is 5.69 Å². The second-order valence-corrected chi connectivity index (χ2v) is 2.64. The van der Waals surface area contributed by atoms with Gasteiger partial charge >= 0.3 is 0 Å². The van der Waals surface area contributed by atoms with Crippen LogP contribution in [0.3, 0.4) is 0 Å². The normalized spacial score (nSPS) is 9.70. The second kappa shape index (κ2) is 2.76. The minimum Gasteiger partial charge on any atom is -0.375 e. The summed E-state index contributed by atoms with van der Waals surface area (Å²) in [5.74, 6) is 0. The summed E-state index contributed by atoms with van der Waals surface area (Å²) in [6.07, 6.45) is 0. The van der Waals surface area contributed by atoms with Crippen molar-refractivity contribution in [2.24, 2.45) is 5.73 Å². The van der Waals surface area contributed by atoms with Gasteiger partial charge in [0.1, 0.15) is 0 Å². The van der Waals surface area contributed by atoms with Crippen molar-refractivity contribution in [1.82, 2.24) is 4.98 Å². The summed E-state index contributed by atoms with van der Waals surface area (Å²) in [5.41, 5.74) is 11.5. The average Bonchev–Trinajstić information content (AvgIpc) is 2.34. The van der Waals surface area contributed by atoms with Gasteiger partial charge in [0.25, 0.3) is 0 Å². The van der Waals surface area contributed by atoms with Gasteiger partial charge in [-0.3, -0.25) is 0 Å². The summed E-state index contributed by atoms with van der Waals surface area (Å²) in [6.45, 7) is 0.211. The molecule has 0 unspecified atom stereocenters. The Balaban J connectivity index is 2.85. The van der Waals surface area contributed by atoms with Crippen molar-refractivity contribution < 1.29 is 0 Å². The van der Waals surface area contributed by atoms with E-state index < -0.39 is 0 Å². The number of hydrogen-bond acceptors (Lipinski definition) is 5. The van der Waals surface area contributed by atoms with Crippen molar-refractivity contribution in [1.29, 1.82) is 5.41 Å². The van der Waals surface area contributed by atoms with E-state index in [1.54, 1.807) is 5.38 Å². The fourth-order valence-corrected chi connectivity index (χ4v) is 1.11. The van der Waals surface area contributed by atoms with Gasteiger partial charge in [-0.15, -0.1) is 11.3 Å². The van der Waals surface area contributed by atoms with Crippen LogP contribution in [0.4, 0.5) is 5.13 Å². The zero-order valence-electron chi connectivity index (χ0n) is 5.29. The standard InChI is InChI=1S/C5H8N4S/c6-1-3(7)4-2-10-5(8)9-4/h2,7H,1,6H2,(H2,8,9). The zero-order chi connectivity index (χ0) is 7.56. The van der Waals surface area contributed by atoms with Gasteiger partial charge in [-0.05, 0) is 0 Å². The van der Waals surface area contributed by atoms with Gasteiger partial charge in [-0.1, -0.05) is 0 Å². The molecule has 5 heteroatoms. The third-order valence-electron chi connectivity index (χ3n) is 1.04. The Morgan fingerprint density at radius 2 is 2.50 bits per heavy atom. The molecule has 1 rings (SSSR count). The van der Waals surface area contributed by atoms with E-state index in [2.05, 4.69) is 4.98 Å². The van der Waals surface area contributed by atoms with Crippen LogP contribution < -0.4 is 11.5 Å². The molecule has 0 fully saturated rings. The third-order valence-corrected chi connectivity index (χ3v) is 1.71. The van der Waals surface area contributed by atoms with Gasteiger partial charge in [0.05, 0.1) is 11.4 Å². The molecule has 0 aliphatic carbocycles. The van der Waals surface area contributed by atoms with Crippen molar-refractivity contribution in [3.63, 3.8) is 0 Å². The van der Waals surface area contributed by atoms with Gasteiger partial charge in [0, 0.05) is 11.9 Å². The lowest BCUT2D eigenvalue weighted by Gasteiger charge is -1.90. The van der Waals surface area contributed by atoms with E-state index in [0.29, 0.717) is 16.5 Å². The number of anilines is 1. The molecular weight excluding hydrogens is 148 g/mol. The fraction of sp³-hybridized carbons (Fsp3) is 0.200. The molecule has 0 spiro atoms. The molecule has 10 heavy (non-hydrogen) atoms. The minimum absolute atomic E-state index is 0.211. The van der Waals surface area contributed by atoms with E-state index in [-0.39, 0.29) is 6.54 Å². The molecule has 0 saturated heterocycles. The third kappa shape index (κ3) is 1.31. The molecule has 0 radical (unpaired) electrons. The Morgan fingerprint density at radius 1 is 1.80 bits per heavy atom. The summed E-state index contributed by atoms with van der Waals surface area (Å²) in [4.78, 5) is 3.87. The maximum absolute atomic E-state index is 7.26. The molecule has 0 aliphatic rings. The van der Waals surface area contributed by atoms with E-state index in [1.165, 1.54) is 11.3 Å². The van der Waals surface area contributed by atoms with Crippen LogP contribution in [0, 0.1) is 5.41 Å². The Hall–Kier alpha value is -0.940. The van der Waals surface area contributed by atoms with Crippen LogP contribution in [-0.4, -0.2) is 17.2 Å². The zero-order valence-corrected chi connectivity index (χ0v) is 6.11. The Morgan fingerprint density at radius 3 is 2.90 bits per heavy atom. The number of nitrogens with zero attached hydrogens (tertiary/aromatic N) is 1. The highest BCUT2D eigenvalue weighted by Crippen LogP contribution is 2.10. The first-order valence-electron chi connectivity index (χ1n) is 2.73. The molecule has 1 aromatic rings. The number of nitrogen functional groups attached to an aromatic ring is 1. The Labute approximate surface area is 62.4 Å². The van der Waals surface area contributed by atoms with Crippen LogP contribution in [0.5, 0.6) is 0 Å². The molecule has 0 atom stereocenters. The molecule has 0 saturated carbocycles. The van der Waals surface area contributed by atoms with Crippen LogP contribution in [0.25, 0.3) is 0 Å². The van der Waals surface area contributed by atoms with E-state index in [0.717, 1.165) is 0 Å². The molecule has 5 N–H and O–H groups in total. The van der Waals surface area contributed by atoms with Crippen molar-refractivity contribution in [3.05, 3.63) is 11.1 Å². The highest BCUT2D eigenvalue weighted by Gasteiger charge is 2.01. The van der Waals surface area contributed by atoms with E-state index >= 15 is 0 Å². The predicted molar refractivity (Wildman–Crippen MR) is 42.4 cm³/mol. The molecule has 0 bridgehead atoms. The SMILES string of the molecule is N=C(CN)c1csc(N)n1. The molecule has 0 aliphatic heterocycles. The first kappa shape index (κ1) is 7.17. The fourth-order valence-electron chi connectivity index (χ4n) is 0.531. The maximum Gasteiger partial charge on any atom is 0.180 e. The summed E-state index contributed by atoms with van der Waals surface area (Å²) >= 11 is 1.32. The largest absolute Gasteiger partial charge is 0.375 e. The molecule has 4 nitrogen and oxygen atoms in total. The maximum atomic E-state index is 7.26. The van der Waals surface area contributed by atoms with Crippen LogP contribution >= 0.6 is 11.3 Å². The van der Waals surface area contributed by atoms with E-state index in [1.807, 2.05) is 0 Å². The summed E-state index contributed by atoms with van der Waals surface area (Å²) < 4.78 is 0. The van der Waals surface area contributed by atoms with Gasteiger partial charge in [0.15, 0.2) is 5.13 Å². The van der Waals surface area contributed by atoms with Crippen LogP contribution in [0.2, 0.25) is 0 Å². The number of aromatic nitrogens is 1. The number of hydrogen-bond donors (Lipinski definition) is 3. The smallest absolute Gasteiger partial charge is 0.180 e. The minimum atomic E-state index is 0.211. The lowest BCUT2D eigenvalue weighted by molar-refractivity contribution is 1.23. The second-order valence-electron chi connectivity index (χ2n) is 1.75. The van der Waals surface area contributed by atoms with Gasteiger partial charge in [-0.25, -0.2) is 4.98 Å². The summed E-state index contributed by atoms with van der Waals surface area (Å²) in [5, 5.41) is 9.46. The average molecular weight is 156 g/mol. The van der Waals surface area contributed by atoms with E-state index in [9.17, 15) is 0 Å². The first-order valence-corrected chi connectivity index (χ1v) is 3.61. The van der Waals surface area contributed by atoms with Gasteiger partial charge in [-0.2, -0.15) is 0 Å². The molecule has 0 amide bonds. The lowest BCUT2D eigenvalue weighted by atomic mass is 10.3. The first-order chi connectivity index (χ1) is 4.74. The number of rotatable bonds is 2. The Kier molecular flexibility index (Phi) is 1.98. The predicted octanol–water partition coefficient (Wildman–Crippen LogP) is 0.0519. The van der Waals surface area contributed by atoms with Crippen molar-refractivity contribution in [3.8, 4) is 0 Å². The molecule has 1 heterocycles. The van der Waals surface area contributed by atoms with Gasteiger partial charge < -0.3 is 16.9 Å². The van der Waals surface area contributed by atoms with E-state index in [4.69, 9.17) is 16.9 Å². The molecule has 0 aromatic carbocycles. The van der Waals surface area contributed by atoms with Crippen LogP contribution in [-0.2, 0) is 0 Å². The molecular formula is C5H8N4S. The monoisotopic (exact) mass is 156 g/mol.